The van der Waals surface area contributed by atoms with Crippen LogP contribution in [0, 0.1) is 0 Å². The van der Waals surface area contributed by atoms with Crippen molar-refractivity contribution in [1.29, 1.82) is 0 Å². The van der Waals surface area contributed by atoms with Crippen LogP contribution < -0.4 is 5.32 Å². The van der Waals surface area contributed by atoms with E-state index in [0.29, 0.717) is 11.3 Å². The zero-order valence-electron chi connectivity index (χ0n) is 8.94. The number of ether oxygens (including phenoxy) is 1. The van der Waals surface area contributed by atoms with E-state index in [2.05, 4.69) is 15.0 Å². The zero-order valence-corrected chi connectivity index (χ0v) is 10.5. The highest BCUT2D eigenvalue weighted by Gasteiger charge is 2.11. The first-order chi connectivity index (χ1) is 8.04. The van der Waals surface area contributed by atoms with Gasteiger partial charge in [0.15, 0.2) is 4.84 Å². The van der Waals surface area contributed by atoms with Gasteiger partial charge in [-0.05, 0) is 12.1 Å². The van der Waals surface area contributed by atoms with Crippen molar-refractivity contribution in [2.75, 3.05) is 7.11 Å². The number of alkyl halides is 2. The molecule has 1 aromatic rings. The molecule has 0 aliphatic heterocycles. The number of aromatic nitrogens is 1. The summed E-state index contributed by atoms with van der Waals surface area (Å²) in [7, 11) is 1.29. The normalized spacial score (nSPS) is 10.1. The van der Waals surface area contributed by atoms with Gasteiger partial charge in [-0.1, -0.05) is 23.2 Å². The predicted octanol–water partition coefficient (Wildman–Crippen LogP) is 1.29. The molecule has 0 aliphatic rings. The molecule has 1 rings (SSSR count). The van der Waals surface area contributed by atoms with Gasteiger partial charge in [0.25, 0.3) is 5.91 Å². The van der Waals surface area contributed by atoms with Gasteiger partial charge in [-0.2, -0.15) is 0 Å². The Morgan fingerprint density at radius 3 is 2.82 bits per heavy atom. The SMILES string of the molecule is COC(=O)c1ccnc(CNC(=O)C(Cl)Cl)c1. The van der Waals surface area contributed by atoms with Crippen molar-refractivity contribution in [2.24, 2.45) is 0 Å². The van der Waals surface area contributed by atoms with E-state index in [4.69, 9.17) is 23.2 Å². The Morgan fingerprint density at radius 2 is 2.24 bits per heavy atom. The molecule has 7 heteroatoms. The minimum atomic E-state index is -1.13. The Morgan fingerprint density at radius 1 is 1.53 bits per heavy atom. The van der Waals surface area contributed by atoms with E-state index >= 15 is 0 Å². The first-order valence-electron chi connectivity index (χ1n) is 4.63. The van der Waals surface area contributed by atoms with Crippen LogP contribution in [0.2, 0.25) is 0 Å². The van der Waals surface area contributed by atoms with E-state index in [1.54, 1.807) is 0 Å². The van der Waals surface area contributed by atoms with Crippen molar-refractivity contribution >= 4 is 35.1 Å². The maximum absolute atomic E-state index is 11.2. The Kier molecular flexibility index (Phi) is 5.18. The second kappa shape index (κ2) is 6.42. The van der Waals surface area contributed by atoms with Crippen LogP contribution in [0.25, 0.3) is 0 Å². The lowest BCUT2D eigenvalue weighted by Crippen LogP contribution is -2.28. The Labute approximate surface area is 108 Å². The second-order valence-electron chi connectivity index (χ2n) is 3.05. The lowest BCUT2D eigenvalue weighted by Gasteiger charge is -2.06. The topological polar surface area (TPSA) is 68.3 Å². The summed E-state index contributed by atoms with van der Waals surface area (Å²) in [5.41, 5.74) is 0.871. The van der Waals surface area contributed by atoms with Gasteiger partial charge in [0.05, 0.1) is 24.9 Å². The van der Waals surface area contributed by atoms with Crippen LogP contribution in [0.3, 0.4) is 0 Å². The van der Waals surface area contributed by atoms with Crippen LogP contribution in [0.5, 0.6) is 0 Å². The third-order valence-corrected chi connectivity index (χ3v) is 2.28. The van der Waals surface area contributed by atoms with Crippen LogP contribution in [-0.2, 0) is 16.1 Å². The molecular weight excluding hydrogens is 267 g/mol. The number of hydrogen-bond acceptors (Lipinski definition) is 4. The number of nitrogens with one attached hydrogen (secondary N) is 1. The fraction of sp³-hybridized carbons (Fsp3) is 0.300. The van der Waals surface area contributed by atoms with Crippen LogP contribution in [-0.4, -0.2) is 28.8 Å². The number of methoxy groups -OCH3 is 1. The number of carbonyl (C=O) groups is 2. The molecule has 5 nitrogen and oxygen atoms in total. The van der Waals surface area contributed by atoms with E-state index in [1.807, 2.05) is 0 Å². The summed E-state index contributed by atoms with van der Waals surface area (Å²) < 4.78 is 4.56. The molecule has 0 spiro atoms. The van der Waals surface area contributed by atoms with Gasteiger partial charge in [-0.3, -0.25) is 9.78 Å². The van der Waals surface area contributed by atoms with Crippen molar-refractivity contribution in [3.8, 4) is 0 Å². The second-order valence-corrected chi connectivity index (χ2v) is 4.14. The summed E-state index contributed by atoms with van der Waals surface area (Å²) in [6.45, 7) is 0.138. The van der Waals surface area contributed by atoms with E-state index in [0.717, 1.165) is 0 Å². The minimum absolute atomic E-state index is 0.138. The van der Waals surface area contributed by atoms with E-state index < -0.39 is 16.7 Å². The molecule has 0 aromatic carbocycles. The molecule has 17 heavy (non-hydrogen) atoms. The van der Waals surface area contributed by atoms with Gasteiger partial charge in [0.2, 0.25) is 0 Å². The molecule has 0 unspecified atom stereocenters. The Hall–Kier alpha value is -1.33. The van der Waals surface area contributed by atoms with Crippen LogP contribution in [0.1, 0.15) is 16.1 Å². The average Bonchev–Trinajstić information content (AvgIpc) is 2.35. The van der Waals surface area contributed by atoms with Crippen molar-refractivity contribution in [2.45, 2.75) is 11.4 Å². The molecule has 0 saturated carbocycles. The summed E-state index contributed by atoms with van der Waals surface area (Å²) in [5.74, 6) is -0.980. The molecule has 0 atom stereocenters. The van der Waals surface area contributed by atoms with Crippen molar-refractivity contribution in [3.05, 3.63) is 29.6 Å². The third-order valence-electron chi connectivity index (χ3n) is 1.88. The highest BCUT2D eigenvalue weighted by atomic mass is 35.5. The maximum Gasteiger partial charge on any atom is 0.337 e. The number of hydrogen-bond donors (Lipinski definition) is 1. The average molecular weight is 277 g/mol. The van der Waals surface area contributed by atoms with Crippen LogP contribution in [0.4, 0.5) is 0 Å². The van der Waals surface area contributed by atoms with Gasteiger partial charge >= 0.3 is 5.97 Å². The number of nitrogens with zero attached hydrogens (tertiary/aromatic N) is 1. The standard InChI is InChI=1S/C10H10Cl2N2O3/c1-17-10(16)6-2-3-13-7(4-6)5-14-9(15)8(11)12/h2-4,8H,5H2,1H3,(H,14,15). The van der Waals surface area contributed by atoms with Crippen LogP contribution >= 0.6 is 23.2 Å². The van der Waals surface area contributed by atoms with E-state index in [1.165, 1.54) is 25.4 Å². The van der Waals surface area contributed by atoms with Gasteiger partial charge in [0.1, 0.15) is 0 Å². The lowest BCUT2D eigenvalue weighted by atomic mass is 10.2. The summed E-state index contributed by atoms with van der Waals surface area (Å²) in [6.07, 6.45) is 1.45. The molecule has 0 bridgehead atoms. The molecular formula is C10H10Cl2N2O3. The number of esters is 1. The molecule has 0 saturated heterocycles. The number of rotatable bonds is 4. The number of pyridine rings is 1. The molecule has 1 heterocycles. The maximum atomic E-state index is 11.2. The first-order valence-corrected chi connectivity index (χ1v) is 5.51. The molecule has 1 aromatic heterocycles. The molecule has 1 amide bonds. The summed E-state index contributed by atoms with van der Waals surface area (Å²) in [6, 6.07) is 3.03. The number of halogens is 2. The quantitative estimate of drug-likeness (QED) is 0.665. The predicted molar refractivity (Wildman–Crippen MR) is 62.9 cm³/mol. The highest BCUT2D eigenvalue weighted by molar-refractivity contribution is 6.53. The fourth-order valence-corrected chi connectivity index (χ4v) is 1.23. The van der Waals surface area contributed by atoms with Crippen molar-refractivity contribution in [3.63, 3.8) is 0 Å². The molecule has 0 fully saturated rings. The highest BCUT2D eigenvalue weighted by Crippen LogP contribution is 2.05. The summed E-state index contributed by atoms with van der Waals surface area (Å²) in [5, 5.41) is 2.47. The minimum Gasteiger partial charge on any atom is -0.465 e. The molecule has 0 radical (unpaired) electrons. The van der Waals surface area contributed by atoms with Gasteiger partial charge in [-0.15, -0.1) is 0 Å². The largest absolute Gasteiger partial charge is 0.465 e. The molecule has 0 aliphatic carbocycles. The first kappa shape index (κ1) is 13.7. The van der Waals surface area contributed by atoms with Gasteiger partial charge in [0, 0.05) is 6.20 Å². The monoisotopic (exact) mass is 276 g/mol. The fourth-order valence-electron chi connectivity index (χ4n) is 1.07. The van der Waals surface area contributed by atoms with Crippen molar-refractivity contribution < 1.29 is 14.3 Å². The van der Waals surface area contributed by atoms with Crippen LogP contribution in [0.15, 0.2) is 18.3 Å². The summed E-state index contributed by atoms with van der Waals surface area (Å²) >= 11 is 10.7. The number of amides is 1. The molecule has 92 valence electrons. The summed E-state index contributed by atoms with van der Waals surface area (Å²) in [4.78, 5) is 25.2. The third kappa shape index (κ3) is 4.20. The van der Waals surface area contributed by atoms with E-state index in [9.17, 15) is 9.59 Å². The smallest absolute Gasteiger partial charge is 0.337 e. The number of carbonyl (C=O) groups excluding carboxylic acids is 2. The Balaban J connectivity index is 2.66. The zero-order chi connectivity index (χ0) is 12.8. The van der Waals surface area contributed by atoms with Crippen molar-refractivity contribution in [1.82, 2.24) is 10.3 Å². The van der Waals surface area contributed by atoms with Gasteiger partial charge < -0.3 is 10.1 Å². The lowest BCUT2D eigenvalue weighted by molar-refractivity contribution is -0.119. The molecule has 1 N–H and O–H groups in total. The van der Waals surface area contributed by atoms with Gasteiger partial charge in [-0.25, -0.2) is 4.79 Å². The Bertz CT molecular complexity index is 424. The van der Waals surface area contributed by atoms with E-state index in [-0.39, 0.29) is 6.54 Å².